The molecule has 5 heteroatoms. The monoisotopic (exact) mass is 297 g/mol. The highest BCUT2D eigenvalue weighted by Crippen LogP contribution is 2.18. The first-order chi connectivity index (χ1) is 10.2. The molecule has 0 aromatic heterocycles. The molecule has 2 fully saturated rings. The van der Waals surface area contributed by atoms with Crippen LogP contribution in [-0.4, -0.2) is 68.2 Å². The third kappa shape index (κ3) is 5.24. The van der Waals surface area contributed by atoms with E-state index < -0.39 is 0 Å². The molecular formula is C16H31N3O2. The third-order valence-electron chi connectivity index (χ3n) is 4.90. The van der Waals surface area contributed by atoms with E-state index >= 15 is 0 Å². The molecule has 122 valence electrons. The maximum absolute atomic E-state index is 12.4. The van der Waals surface area contributed by atoms with Gasteiger partial charge < -0.3 is 20.3 Å². The number of likely N-dealkylation sites (tertiary alicyclic amines) is 1. The van der Waals surface area contributed by atoms with Crippen LogP contribution in [0.4, 0.5) is 0 Å². The van der Waals surface area contributed by atoms with Crippen LogP contribution in [0, 0.1) is 5.92 Å². The van der Waals surface area contributed by atoms with Crippen molar-refractivity contribution in [2.75, 3.05) is 46.4 Å². The maximum atomic E-state index is 12.4. The number of likely N-dealkylation sites (N-methyl/N-ethyl adjacent to an activating group) is 1. The number of hydrogen-bond acceptors (Lipinski definition) is 4. The largest absolute Gasteiger partial charge is 0.381 e. The summed E-state index contributed by atoms with van der Waals surface area (Å²) in [5, 5.41) is 0. The number of amides is 1. The van der Waals surface area contributed by atoms with Gasteiger partial charge >= 0.3 is 0 Å². The summed E-state index contributed by atoms with van der Waals surface area (Å²) < 4.78 is 5.41. The minimum Gasteiger partial charge on any atom is -0.381 e. The highest BCUT2D eigenvalue weighted by atomic mass is 16.5. The molecule has 2 heterocycles. The highest BCUT2D eigenvalue weighted by Gasteiger charge is 2.24. The second-order valence-corrected chi connectivity index (χ2v) is 6.53. The quantitative estimate of drug-likeness (QED) is 0.797. The van der Waals surface area contributed by atoms with Crippen LogP contribution in [0.15, 0.2) is 0 Å². The zero-order valence-corrected chi connectivity index (χ0v) is 13.4. The van der Waals surface area contributed by atoms with E-state index in [9.17, 15) is 4.79 Å². The van der Waals surface area contributed by atoms with Gasteiger partial charge in [-0.05, 0) is 45.1 Å². The number of rotatable bonds is 6. The lowest BCUT2D eigenvalue weighted by molar-refractivity contribution is -0.133. The predicted octanol–water partition coefficient (Wildman–Crippen LogP) is 1.07. The molecule has 0 saturated carbocycles. The molecule has 1 atom stereocenters. The molecule has 2 aliphatic heterocycles. The fraction of sp³-hybridized carbons (Fsp3) is 0.938. The van der Waals surface area contributed by atoms with Crippen LogP contribution >= 0.6 is 0 Å². The lowest BCUT2D eigenvalue weighted by Gasteiger charge is -2.34. The second kappa shape index (κ2) is 8.71. The van der Waals surface area contributed by atoms with E-state index in [2.05, 4.69) is 11.9 Å². The average molecular weight is 297 g/mol. The van der Waals surface area contributed by atoms with Gasteiger partial charge in [-0.3, -0.25) is 4.79 Å². The van der Waals surface area contributed by atoms with Crippen LogP contribution in [0.25, 0.3) is 0 Å². The fourth-order valence-electron chi connectivity index (χ4n) is 3.38. The molecule has 2 aliphatic rings. The van der Waals surface area contributed by atoms with Gasteiger partial charge in [-0.25, -0.2) is 0 Å². The number of ether oxygens (including phenoxy) is 1. The van der Waals surface area contributed by atoms with Crippen LogP contribution in [0.1, 0.15) is 38.5 Å². The molecule has 0 aliphatic carbocycles. The Labute approximate surface area is 128 Å². The van der Waals surface area contributed by atoms with E-state index in [0.29, 0.717) is 18.9 Å². The summed E-state index contributed by atoms with van der Waals surface area (Å²) in [6.45, 7) is 5.19. The number of carbonyl (C=O) groups is 1. The topological polar surface area (TPSA) is 58.8 Å². The summed E-state index contributed by atoms with van der Waals surface area (Å²) in [7, 11) is 2.11. The van der Waals surface area contributed by atoms with E-state index in [-0.39, 0.29) is 11.9 Å². The number of carbonyl (C=O) groups excluding carboxylic acids is 1. The Morgan fingerprint density at radius 3 is 2.57 bits per heavy atom. The Hall–Kier alpha value is -0.650. The lowest BCUT2D eigenvalue weighted by Crippen LogP contribution is -2.46. The van der Waals surface area contributed by atoms with E-state index in [1.54, 1.807) is 0 Å². The Kier molecular flexibility index (Phi) is 6.93. The van der Waals surface area contributed by atoms with Crippen LogP contribution in [0.3, 0.4) is 0 Å². The van der Waals surface area contributed by atoms with Gasteiger partial charge in [0.05, 0.1) is 0 Å². The second-order valence-electron chi connectivity index (χ2n) is 6.53. The Morgan fingerprint density at radius 1 is 1.29 bits per heavy atom. The van der Waals surface area contributed by atoms with Crippen molar-refractivity contribution in [2.45, 2.75) is 44.6 Å². The molecule has 0 radical (unpaired) electrons. The number of nitrogens with zero attached hydrogens (tertiary/aromatic N) is 2. The van der Waals surface area contributed by atoms with Gasteiger partial charge in [-0.2, -0.15) is 0 Å². The highest BCUT2D eigenvalue weighted by molar-refractivity contribution is 5.76. The Balaban J connectivity index is 1.78. The molecular weight excluding hydrogens is 266 g/mol. The zero-order valence-electron chi connectivity index (χ0n) is 13.4. The smallest absolute Gasteiger partial charge is 0.224 e. The maximum Gasteiger partial charge on any atom is 0.224 e. The van der Waals surface area contributed by atoms with Crippen molar-refractivity contribution in [1.82, 2.24) is 9.80 Å². The molecule has 0 aromatic carbocycles. The Morgan fingerprint density at radius 2 is 1.95 bits per heavy atom. The first-order valence-corrected chi connectivity index (χ1v) is 8.46. The van der Waals surface area contributed by atoms with E-state index in [1.807, 2.05) is 4.90 Å². The average Bonchev–Trinajstić information content (AvgIpc) is 2.54. The molecule has 5 nitrogen and oxygen atoms in total. The third-order valence-corrected chi connectivity index (χ3v) is 4.90. The first-order valence-electron chi connectivity index (χ1n) is 8.46. The van der Waals surface area contributed by atoms with Crippen molar-refractivity contribution < 1.29 is 9.53 Å². The molecule has 1 unspecified atom stereocenters. The molecule has 21 heavy (non-hydrogen) atoms. The van der Waals surface area contributed by atoms with Gasteiger partial charge in [-0.1, -0.05) is 0 Å². The summed E-state index contributed by atoms with van der Waals surface area (Å²) in [4.78, 5) is 16.7. The molecule has 2 rings (SSSR count). The van der Waals surface area contributed by atoms with E-state index in [1.165, 1.54) is 6.42 Å². The minimum absolute atomic E-state index is 0.169. The van der Waals surface area contributed by atoms with Gasteiger partial charge in [0.1, 0.15) is 0 Å². The number of piperidine rings is 1. The van der Waals surface area contributed by atoms with E-state index in [0.717, 1.165) is 58.5 Å². The fourth-order valence-corrected chi connectivity index (χ4v) is 3.38. The Bertz CT molecular complexity index is 313. The van der Waals surface area contributed by atoms with Crippen molar-refractivity contribution >= 4 is 5.91 Å². The molecule has 0 bridgehead atoms. The van der Waals surface area contributed by atoms with Crippen molar-refractivity contribution in [3.05, 3.63) is 0 Å². The van der Waals surface area contributed by atoms with Gasteiger partial charge in [0.15, 0.2) is 0 Å². The van der Waals surface area contributed by atoms with E-state index in [4.69, 9.17) is 10.5 Å². The SMILES string of the molecule is CN(CC1CCOCC1)C(CN)CC(=O)N1CCCCC1. The predicted molar refractivity (Wildman–Crippen MR) is 84.1 cm³/mol. The summed E-state index contributed by atoms with van der Waals surface area (Å²) in [5.74, 6) is 0.965. The van der Waals surface area contributed by atoms with Crippen molar-refractivity contribution in [3.63, 3.8) is 0 Å². The minimum atomic E-state index is 0.169. The van der Waals surface area contributed by atoms with Gasteiger partial charge in [-0.15, -0.1) is 0 Å². The molecule has 2 N–H and O–H groups in total. The molecule has 0 spiro atoms. The van der Waals surface area contributed by atoms with Crippen molar-refractivity contribution in [1.29, 1.82) is 0 Å². The van der Waals surface area contributed by atoms with Gasteiger partial charge in [0.2, 0.25) is 5.91 Å². The van der Waals surface area contributed by atoms with Crippen LogP contribution in [0.5, 0.6) is 0 Å². The summed E-state index contributed by atoms with van der Waals surface area (Å²) >= 11 is 0. The first kappa shape index (κ1) is 16.7. The summed E-state index contributed by atoms with van der Waals surface area (Å²) in [6, 6.07) is 0.169. The number of hydrogen-bond donors (Lipinski definition) is 1. The number of nitrogens with two attached hydrogens (primary N) is 1. The lowest BCUT2D eigenvalue weighted by atomic mass is 9.98. The van der Waals surface area contributed by atoms with Crippen molar-refractivity contribution in [2.24, 2.45) is 11.7 Å². The molecule has 1 amide bonds. The standard InChI is InChI=1S/C16H31N3O2/c1-18(13-14-5-9-21-10-6-14)15(12-17)11-16(20)19-7-3-2-4-8-19/h14-15H,2-13,17H2,1H3. The normalized spacial score (nSPS) is 22.5. The van der Waals surface area contributed by atoms with Crippen LogP contribution < -0.4 is 5.73 Å². The zero-order chi connectivity index (χ0) is 15.1. The van der Waals surface area contributed by atoms with Crippen molar-refractivity contribution in [3.8, 4) is 0 Å². The summed E-state index contributed by atoms with van der Waals surface area (Å²) in [6.07, 6.45) is 6.38. The van der Waals surface area contributed by atoms with Gasteiger partial charge in [0, 0.05) is 51.9 Å². The molecule has 2 saturated heterocycles. The summed E-state index contributed by atoms with van der Waals surface area (Å²) in [5.41, 5.74) is 5.92. The van der Waals surface area contributed by atoms with Crippen LogP contribution in [0.2, 0.25) is 0 Å². The molecule has 0 aromatic rings. The van der Waals surface area contributed by atoms with Crippen LogP contribution in [-0.2, 0) is 9.53 Å². The van der Waals surface area contributed by atoms with Gasteiger partial charge in [0.25, 0.3) is 0 Å².